The van der Waals surface area contributed by atoms with Gasteiger partial charge in [-0.05, 0) is 17.9 Å². The normalized spacial score (nSPS) is 22.6. The Morgan fingerprint density at radius 1 is 1.20 bits per heavy atom. The Morgan fingerprint density at radius 3 is 2.70 bits per heavy atom. The molecular formula is C17H25N3. The first kappa shape index (κ1) is 13.5. The number of rotatable bonds is 4. The predicted octanol–water partition coefficient (Wildman–Crippen LogP) is 3.20. The standard InChI is InChI=1S/C17H25N3/c1-20(12-11-14-7-5-6-8-14)17-18-13-16(19-17)15-9-3-2-4-10-15/h2-4,9-10,14,16H,5-8,11-13H2,1H3,(H,18,19). The van der Waals surface area contributed by atoms with Gasteiger partial charge in [0.05, 0.1) is 12.6 Å². The summed E-state index contributed by atoms with van der Waals surface area (Å²) in [7, 11) is 2.16. The zero-order chi connectivity index (χ0) is 13.8. The molecule has 1 saturated carbocycles. The minimum absolute atomic E-state index is 0.347. The zero-order valence-corrected chi connectivity index (χ0v) is 12.4. The van der Waals surface area contributed by atoms with E-state index in [0.29, 0.717) is 6.04 Å². The number of benzene rings is 1. The first-order valence-electron chi connectivity index (χ1n) is 7.90. The van der Waals surface area contributed by atoms with E-state index < -0.39 is 0 Å². The fourth-order valence-corrected chi connectivity index (χ4v) is 3.31. The minimum atomic E-state index is 0.347. The molecule has 0 saturated heterocycles. The lowest BCUT2D eigenvalue weighted by atomic mass is 10.0. The number of hydrogen-bond acceptors (Lipinski definition) is 3. The molecule has 3 heteroatoms. The van der Waals surface area contributed by atoms with Gasteiger partial charge in [-0.3, -0.25) is 4.99 Å². The van der Waals surface area contributed by atoms with Crippen LogP contribution in [0.5, 0.6) is 0 Å². The summed E-state index contributed by atoms with van der Waals surface area (Å²) in [5.74, 6) is 2.02. The summed E-state index contributed by atoms with van der Waals surface area (Å²) in [4.78, 5) is 6.96. The maximum absolute atomic E-state index is 4.67. The smallest absolute Gasteiger partial charge is 0.194 e. The quantitative estimate of drug-likeness (QED) is 0.910. The summed E-state index contributed by atoms with van der Waals surface area (Å²) in [5.41, 5.74) is 1.33. The Kier molecular flexibility index (Phi) is 4.24. The van der Waals surface area contributed by atoms with Crippen LogP contribution >= 0.6 is 0 Å². The van der Waals surface area contributed by atoms with Crippen LogP contribution < -0.4 is 5.32 Å². The number of nitrogens with one attached hydrogen (secondary N) is 1. The van der Waals surface area contributed by atoms with Crippen molar-refractivity contribution in [3.8, 4) is 0 Å². The van der Waals surface area contributed by atoms with Crippen molar-refractivity contribution in [3.63, 3.8) is 0 Å². The topological polar surface area (TPSA) is 27.6 Å². The Balaban J connectivity index is 1.48. The van der Waals surface area contributed by atoms with Gasteiger partial charge in [0.1, 0.15) is 0 Å². The molecule has 1 N–H and O–H groups in total. The van der Waals surface area contributed by atoms with Gasteiger partial charge in [0, 0.05) is 13.6 Å². The molecule has 0 amide bonds. The Morgan fingerprint density at radius 2 is 1.95 bits per heavy atom. The van der Waals surface area contributed by atoms with E-state index >= 15 is 0 Å². The van der Waals surface area contributed by atoms with E-state index in [4.69, 9.17) is 0 Å². The second kappa shape index (κ2) is 6.29. The van der Waals surface area contributed by atoms with Gasteiger partial charge in [-0.25, -0.2) is 0 Å². The molecule has 3 rings (SSSR count). The van der Waals surface area contributed by atoms with Crippen LogP contribution in [0.4, 0.5) is 0 Å². The summed E-state index contributed by atoms with van der Waals surface area (Å²) in [5, 5.41) is 3.56. The van der Waals surface area contributed by atoms with Crippen molar-refractivity contribution in [2.75, 3.05) is 20.1 Å². The van der Waals surface area contributed by atoms with Crippen LogP contribution in [0.25, 0.3) is 0 Å². The Bertz CT molecular complexity index is 449. The van der Waals surface area contributed by atoms with Gasteiger partial charge in [0.15, 0.2) is 5.96 Å². The molecule has 1 aromatic carbocycles. The fraction of sp³-hybridized carbons (Fsp3) is 0.588. The molecule has 20 heavy (non-hydrogen) atoms. The first-order chi connectivity index (χ1) is 9.83. The maximum Gasteiger partial charge on any atom is 0.194 e. The van der Waals surface area contributed by atoms with E-state index in [1.165, 1.54) is 37.7 Å². The van der Waals surface area contributed by atoms with Crippen molar-refractivity contribution in [3.05, 3.63) is 35.9 Å². The van der Waals surface area contributed by atoms with Crippen molar-refractivity contribution >= 4 is 5.96 Å². The van der Waals surface area contributed by atoms with Gasteiger partial charge in [0.2, 0.25) is 0 Å². The molecule has 0 radical (unpaired) electrons. The summed E-state index contributed by atoms with van der Waals surface area (Å²) in [6, 6.07) is 11.0. The van der Waals surface area contributed by atoms with E-state index in [9.17, 15) is 0 Å². The monoisotopic (exact) mass is 271 g/mol. The van der Waals surface area contributed by atoms with Crippen molar-refractivity contribution in [2.45, 2.75) is 38.1 Å². The molecule has 0 spiro atoms. The summed E-state index contributed by atoms with van der Waals surface area (Å²) >= 11 is 0. The van der Waals surface area contributed by atoms with Gasteiger partial charge in [-0.15, -0.1) is 0 Å². The molecule has 1 aliphatic heterocycles. The molecule has 1 atom stereocenters. The molecule has 1 unspecified atom stereocenters. The molecule has 1 aromatic rings. The molecule has 0 bridgehead atoms. The molecule has 1 fully saturated rings. The molecule has 1 heterocycles. The van der Waals surface area contributed by atoms with Crippen LogP contribution in [-0.4, -0.2) is 31.0 Å². The Hall–Kier alpha value is -1.51. The summed E-state index contributed by atoms with van der Waals surface area (Å²) < 4.78 is 0. The lowest BCUT2D eigenvalue weighted by molar-refractivity contribution is 0.399. The van der Waals surface area contributed by atoms with Gasteiger partial charge >= 0.3 is 0 Å². The van der Waals surface area contributed by atoms with E-state index in [0.717, 1.165) is 25.0 Å². The number of nitrogens with zero attached hydrogens (tertiary/aromatic N) is 2. The van der Waals surface area contributed by atoms with Gasteiger partial charge in [-0.1, -0.05) is 56.0 Å². The van der Waals surface area contributed by atoms with Crippen LogP contribution in [0, 0.1) is 5.92 Å². The number of aliphatic imine (C=N–C) groups is 1. The second-order valence-corrected chi connectivity index (χ2v) is 6.13. The fourth-order valence-electron chi connectivity index (χ4n) is 3.31. The number of hydrogen-bond donors (Lipinski definition) is 1. The molecule has 3 nitrogen and oxygen atoms in total. The van der Waals surface area contributed by atoms with Gasteiger partial charge < -0.3 is 10.2 Å². The lowest BCUT2D eigenvalue weighted by Crippen LogP contribution is -2.38. The van der Waals surface area contributed by atoms with E-state index in [2.05, 4.69) is 52.6 Å². The van der Waals surface area contributed by atoms with Crippen molar-refractivity contribution in [1.82, 2.24) is 10.2 Å². The number of guanidine groups is 1. The SMILES string of the molecule is CN(CCC1CCCC1)C1=NCC(c2ccccc2)N1. The lowest BCUT2D eigenvalue weighted by Gasteiger charge is -2.22. The molecule has 108 valence electrons. The van der Waals surface area contributed by atoms with Gasteiger partial charge in [0.25, 0.3) is 0 Å². The zero-order valence-electron chi connectivity index (χ0n) is 12.4. The average Bonchev–Trinajstić information content (AvgIpc) is 3.17. The highest BCUT2D eigenvalue weighted by Gasteiger charge is 2.22. The third-order valence-corrected chi connectivity index (χ3v) is 4.64. The second-order valence-electron chi connectivity index (χ2n) is 6.13. The predicted molar refractivity (Wildman–Crippen MR) is 83.8 cm³/mol. The van der Waals surface area contributed by atoms with Crippen molar-refractivity contribution < 1.29 is 0 Å². The van der Waals surface area contributed by atoms with E-state index in [1.807, 2.05) is 0 Å². The third-order valence-electron chi connectivity index (χ3n) is 4.64. The van der Waals surface area contributed by atoms with Gasteiger partial charge in [-0.2, -0.15) is 0 Å². The highest BCUT2D eigenvalue weighted by atomic mass is 15.3. The molecular weight excluding hydrogens is 246 g/mol. The summed E-state index contributed by atoms with van der Waals surface area (Å²) in [6.07, 6.45) is 7.04. The molecule has 0 aromatic heterocycles. The van der Waals surface area contributed by atoms with Crippen LogP contribution in [-0.2, 0) is 0 Å². The molecule has 2 aliphatic rings. The molecule has 1 aliphatic carbocycles. The average molecular weight is 271 g/mol. The highest BCUT2D eigenvalue weighted by Crippen LogP contribution is 2.27. The Labute approximate surface area is 122 Å². The third kappa shape index (κ3) is 3.14. The largest absolute Gasteiger partial charge is 0.348 e. The van der Waals surface area contributed by atoms with E-state index in [1.54, 1.807) is 0 Å². The van der Waals surface area contributed by atoms with Crippen molar-refractivity contribution in [1.29, 1.82) is 0 Å². The van der Waals surface area contributed by atoms with Crippen molar-refractivity contribution in [2.24, 2.45) is 10.9 Å². The van der Waals surface area contributed by atoms with Crippen LogP contribution in [0.2, 0.25) is 0 Å². The first-order valence-corrected chi connectivity index (χ1v) is 7.90. The van der Waals surface area contributed by atoms with Crippen LogP contribution in [0.3, 0.4) is 0 Å². The maximum atomic E-state index is 4.67. The minimum Gasteiger partial charge on any atom is -0.348 e. The highest BCUT2D eigenvalue weighted by molar-refractivity contribution is 5.81. The summed E-state index contributed by atoms with van der Waals surface area (Å²) in [6.45, 7) is 1.98. The van der Waals surface area contributed by atoms with Crippen LogP contribution in [0.15, 0.2) is 35.3 Å². The van der Waals surface area contributed by atoms with Crippen LogP contribution in [0.1, 0.15) is 43.7 Å². The van der Waals surface area contributed by atoms with E-state index in [-0.39, 0.29) is 0 Å².